The van der Waals surface area contributed by atoms with E-state index in [-0.39, 0.29) is 30.3 Å². The van der Waals surface area contributed by atoms with Crippen molar-refractivity contribution in [3.8, 4) is 0 Å². The van der Waals surface area contributed by atoms with Gasteiger partial charge < -0.3 is 9.64 Å². The first kappa shape index (κ1) is 22.0. The number of likely N-dealkylation sites (tertiary alicyclic amines) is 2. The molecule has 2 heterocycles. The monoisotopic (exact) mass is 424 g/mol. The number of rotatable bonds is 6. The number of hydrogen-bond donors (Lipinski definition) is 0. The highest BCUT2D eigenvalue weighted by Crippen LogP contribution is 2.42. The lowest BCUT2D eigenvalue weighted by Gasteiger charge is -2.39. The van der Waals surface area contributed by atoms with Gasteiger partial charge >= 0.3 is 0 Å². The van der Waals surface area contributed by atoms with Crippen LogP contribution in [0.2, 0.25) is 0 Å². The third kappa shape index (κ3) is 4.83. The molecule has 2 saturated heterocycles. The van der Waals surface area contributed by atoms with Crippen molar-refractivity contribution in [3.63, 3.8) is 0 Å². The quantitative estimate of drug-likeness (QED) is 0.689. The van der Waals surface area contributed by atoms with Crippen molar-refractivity contribution in [2.75, 3.05) is 33.4 Å². The third-order valence-electron chi connectivity index (χ3n) is 6.95. The van der Waals surface area contributed by atoms with E-state index in [1.54, 1.807) is 7.11 Å². The zero-order valence-electron chi connectivity index (χ0n) is 18.8. The Hall–Kier alpha value is -2.24. The summed E-state index contributed by atoms with van der Waals surface area (Å²) in [6, 6.07) is 16.0. The molecule has 4 rings (SSSR count). The van der Waals surface area contributed by atoms with E-state index in [0.717, 1.165) is 31.6 Å². The van der Waals surface area contributed by atoms with Gasteiger partial charge in [0, 0.05) is 51.2 Å². The highest BCUT2D eigenvalue weighted by atomic mass is 19.1. The number of ether oxygens (including phenoxy) is 1. The molecule has 5 heteroatoms. The molecule has 0 spiro atoms. The van der Waals surface area contributed by atoms with Crippen molar-refractivity contribution in [2.45, 2.75) is 44.7 Å². The van der Waals surface area contributed by atoms with Crippen molar-refractivity contribution < 1.29 is 13.9 Å². The summed E-state index contributed by atoms with van der Waals surface area (Å²) in [7, 11) is 1.57. The Bertz CT molecular complexity index is 881. The molecule has 2 aromatic carbocycles. The van der Waals surface area contributed by atoms with Crippen molar-refractivity contribution in [3.05, 3.63) is 71.0 Å². The van der Waals surface area contributed by atoms with Crippen LogP contribution in [-0.4, -0.2) is 55.1 Å². The van der Waals surface area contributed by atoms with E-state index in [9.17, 15) is 9.18 Å². The molecule has 4 nitrogen and oxygen atoms in total. The minimum Gasteiger partial charge on any atom is -0.375 e. The number of carbonyl (C=O) groups is 1. The van der Waals surface area contributed by atoms with Crippen LogP contribution in [-0.2, 0) is 16.1 Å². The SMILES string of the molecule is COCC(=O)N1C[C@H](c2ccc(F)cc2)[C@H]2CN(Cc3ccc(C(C)C)cc3)CC[C@H]21. The fourth-order valence-corrected chi connectivity index (χ4v) is 5.27. The number of amides is 1. The number of piperidine rings is 1. The maximum atomic E-state index is 13.5. The van der Waals surface area contributed by atoms with Crippen molar-refractivity contribution in [1.82, 2.24) is 9.80 Å². The Labute approximate surface area is 185 Å². The predicted octanol–water partition coefficient (Wildman–Crippen LogP) is 4.41. The molecule has 0 N–H and O–H groups in total. The largest absolute Gasteiger partial charge is 0.375 e. The van der Waals surface area contributed by atoms with Crippen LogP contribution in [0.5, 0.6) is 0 Å². The van der Waals surface area contributed by atoms with Gasteiger partial charge in [0.1, 0.15) is 12.4 Å². The van der Waals surface area contributed by atoms with Gasteiger partial charge in [0.25, 0.3) is 0 Å². The van der Waals surface area contributed by atoms with Gasteiger partial charge in [0.2, 0.25) is 5.91 Å². The Morgan fingerprint density at radius 2 is 1.81 bits per heavy atom. The summed E-state index contributed by atoms with van der Waals surface area (Å²) in [5.41, 5.74) is 3.81. The molecule has 0 aromatic heterocycles. The molecule has 2 fully saturated rings. The summed E-state index contributed by atoms with van der Waals surface area (Å²) < 4.78 is 18.6. The Morgan fingerprint density at radius 3 is 2.45 bits per heavy atom. The molecular weight excluding hydrogens is 391 g/mol. The number of fused-ring (bicyclic) bond motifs is 1. The number of hydrogen-bond acceptors (Lipinski definition) is 3. The summed E-state index contributed by atoms with van der Waals surface area (Å²) in [4.78, 5) is 17.2. The summed E-state index contributed by atoms with van der Waals surface area (Å²) in [6.07, 6.45) is 0.960. The first-order valence-corrected chi connectivity index (χ1v) is 11.3. The number of methoxy groups -OCH3 is 1. The van der Waals surface area contributed by atoms with Crippen LogP contribution in [0.3, 0.4) is 0 Å². The van der Waals surface area contributed by atoms with Crippen LogP contribution in [0.1, 0.15) is 48.8 Å². The third-order valence-corrected chi connectivity index (χ3v) is 6.95. The van der Waals surface area contributed by atoms with Crippen molar-refractivity contribution in [1.29, 1.82) is 0 Å². The topological polar surface area (TPSA) is 32.8 Å². The van der Waals surface area contributed by atoms with Gasteiger partial charge in [0.15, 0.2) is 0 Å². The van der Waals surface area contributed by atoms with Crippen LogP contribution >= 0.6 is 0 Å². The first-order valence-electron chi connectivity index (χ1n) is 11.3. The van der Waals surface area contributed by atoms with E-state index in [1.807, 2.05) is 17.0 Å². The van der Waals surface area contributed by atoms with Gasteiger partial charge in [0.05, 0.1) is 0 Å². The van der Waals surface area contributed by atoms with E-state index in [4.69, 9.17) is 4.74 Å². The van der Waals surface area contributed by atoms with Crippen LogP contribution in [0.4, 0.5) is 4.39 Å². The lowest BCUT2D eigenvalue weighted by atomic mass is 9.81. The Morgan fingerprint density at radius 1 is 1.10 bits per heavy atom. The smallest absolute Gasteiger partial charge is 0.248 e. The molecule has 2 aromatic rings. The molecule has 2 aliphatic heterocycles. The number of nitrogens with zero attached hydrogens (tertiary/aromatic N) is 2. The van der Waals surface area contributed by atoms with Gasteiger partial charge in [-0.15, -0.1) is 0 Å². The van der Waals surface area contributed by atoms with E-state index in [1.165, 1.54) is 23.3 Å². The van der Waals surface area contributed by atoms with E-state index in [0.29, 0.717) is 18.4 Å². The zero-order chi connectivity index (χ0) is 22.0. The van der Waals surface area contributed by atoms with E-state index in [2.05, 4.69) is 43.0 Å². The predicted molar refractivity (Wildman–Crippen MR) is 120 cm³/mol. The molecule has 0 bridgehead atoms. The molecule has 0 radical (unpaired) electrons. The fourth-order valence-electron chi connectivity index (χ4n) is 5.27. The van der Waals surface area contributed by atoms with Gasteiger partial charge in [-0.2, -0.15) is 0 Å². The van der Waals surface area contributed by atoms with Crippen LogP contribution in [0.15, 0.2) is 48.5 Å². The lowest BCUT2D eigenvalue weighted by Crippen LogP contribution is -2.48. The average Bonchev–Trinajstić information content (AvgIpc) is 3.14. The maximum absolute atomic E-state index is 13.5. The second-order valence-corrected chi connectivity index (χ2v) is 9.29. The van der Waals surface area contributed by atoms with Gasteiger partial charge in [-0.25, -0.2) is 4.39 Å². The molecule has 3 atom stereocenters. The van der Waals surface area contributed by atoms with Crippen molar-refractivity contribution in [2.24, 2.45) is 5.92 Å². The average molecular weight is 425 g/mol. The lowest BCUT2D eigenvalue weighted by molar-refractivity contribution is -0.137. The minimum absolute atomic E-state index is 0.0554. The Kier molecular flexibility index (Phi) is 6.73. The molecule has 2 aliphatic rings. The molecule has 166 valence electrons. The minimum atomic E-state index is -0.222. The highest BCUT2D eigenvalue weighted by molar-refractivity contribution is 5.78. The number of benzene rings is 2. The van der Waals surface area contributed by atoms with Gasteiger partial charge in [-0.1, -0.05) is 50.2 Å². The van der Waals surface area contributed by atoms with E-state index >= 15 is 0 Å². The van der Waals surface area contributed by atoms with Gasteiger partial charge in [-0.3, -0.25) is 9.69 Å². The molecule has 0 saturated carbocycles. The van der Waals surface area contributed by atoms with Crippen molar-refractivity contribution >= 4 is 5.91 Å². The summed E-state index contributed by atoms with van der Waals surface area (Å²) in [5, 5.41) is 0. The van der Waals surface area contributed by atoms with Crippen LogP contribution in [0, 0.1) is 11.7 Å². The molecular formula is C26H33FN2O2. The van der Waals surface area contributed by atoms with Crippen LogP contribution in [0.25, 0.3) is 0 Å². The second-order valence-electron chi connectivity index (χ2n) is 9.29. The molecule has 1 amide bonds. The summed E-state index contributed by atoms with van der Waals surface area (Å²) in [6.45, 7) is 8.06. The second kappa shape index (κ2) is 9.49. The standard InChI is InChI=1S/C26H33FN2O2/c1-18(2)20-6-4-19(5-7-20)14-28-13-12-25-24(15-28)23(16-29(25)26(30)17-31-3)21-8-10-22(27)11-9-21/h4-11,18,23-25H,12-17H2,1-3H3/t23-,24-,25-/m1/s1. The maximum Gasteiger partial charge on any atom is 0.248 e. The van der Waals surface area contributed by atoms with Crippen LogP contribution < -0.4 is 0 Å². The van der Waals surface area contributed by atoms with E-state index < -0.39 is 0 Å². The first-order chi connectivity index (χ1) is 15.0. The number of halogens is 1. The fraction of sp³-hybridized carbons (Fsp3) is 0.500. The summed E-state index contributed by atoms with van der Waals surface area (Å²) >= 11 is 0. The molecule has 0 unspecified atom stereocenters. The summed E-state index contributed by atoms with van der Waals surface area (Å²) in [5.74, 6) is 0.934. The van der Waals surface area contributed by atoms with Gasteiger partial charge in [-0.05, 0) is 41.2 Å². The number of carbonyl (C=O) groups excluding carboxylic acids is 1. The highest BCUT2D eigenvalue weighted by Gasteiger charge is 2.46. The zero-order valence-corrected chi connectivity index (χ0v) is 18.8. The molecule has 31 heavy (non-hydrogen) atoms. The molecule has 0 aliphatic carbocycles. The normalized spacial score (nSPS) is 23.9. The Balaban J connectivity index is 1.51.